The van der Waals surface area contributed by atoms with E-state index in [9.17, 15) is 24.6 Å². The molecule has 0 saturated carbocycles. The highest BCUT2D eigenvalue weighted by Crippen LogP contribution is 2.39. The molecular formula is C52H102N2O7. The molecule has 362 valence electrons. The maximum atomic E-state index is 13.0. The molecule has 9 heteroatoms. The van der Waals surface area contributed by atoms with Crippen molar-refractivity contribution in [3.63, 3.8) is 0 Å². The second-order valence-corrected chi connectivity index (χ2v) is 18.6. The van der Waals surface area contributed by atoms with Crippen molar-refractivity contribution in [3.05, 3.63) is 0 Å². The highest BCUT2D eigenvalue weighted by atomic mass is 16.7. The summed E-state index contributed by atoms with van der Waals surface area (Å²) in [6.45, 7) is 21.2. The monoisotopic (exact) mass is 867 g/mol. The Balaban J connectivity index is 5.42. The zero-order chi connectivity index (χ0) is 45.5. The molecule has 0 aromatic heterocycles. The minimum atomic E-state index is -0.607. The number of aliphatic carboxylic acids is 2. The summed E-state index contributed by atoms with van der Waals surface area (Å²) in [4.78, 5) is 43.3. The molecule has 0 aromatic carbocycles. The molecular weight excluding hydrogens is 765 g/mol. The number of carbonyl (C=O) groups is 3. The van der Waals surface area contributed by atoms with Crippen molar-refractivity contribution in [3.8, 4) is 0 Å². The maximum Gasteiger partial charge on any atom is 0.508 e. The number of nitrogens with zero attached hydrogens (tertiary/aromatic N) is 2. The Bertz CT molecular complexity index is 953. The number of likely N-dealkylation sites (N-methyl/N-ethyl adjacent to an activating group) is 2. The summed E-state index contributed by atoms with van der Waals surface area (Å²) < 4.78 is 11.6. The van der Waals surface area contributed by atoms with E-state index in [2.05, 4.69) is 58.3 Å². The second-order valence-electron chi connectivity index (χ2n) is 18.6. The number of carbonyl (C=O) groups excluding carboxylic acids is 1. The first kappa shape index (κ1) is 59.1. The minimum Gasteiger partial charge on any atom is -0.481 e. The molecule has 0 unspecified atom stereocenters. The van der Waals surface area contributed by atoms with Crippen LogP contribution in [0.5, 0.6) is 0 Å². The Morgan fingerprint density at radius 1 is 0.426 bits per heavy atom. The average molecular weight is 867 g/mol. The van der Waals surface area contributed by atoms with Crippen LogP contribution < -0.4 is 0 Å². The van der Waals surface area contributed by atoms with Gasteiger partial charge < -0.3 is 24.6 Å². The summed E-state index contributed by atoms with van der Waals surface area (Å²) >= 11 is 0. The number of rotatable bonds is 46. The fraction of sp³-hybridized carbons (Fsp3) is 0.942. The molecule has 0 amide bonds. The number of carboxylic acid groups (broad SMARTS) is 2. The van der Waals surface area contributed by atoms with Gasteiger partial charge in [0, 0.05) is 19.6 Å². The van der Waals surface area contributed by atoms with Gasteiger partial charge in [0.05, 0.1) is 10.8 Å². The molecule has 0 radical (unpaired) electrons. The van der Waals surface area contributed by atoms with E-state index >= 15 is 0 Å². The molecule has 0 rings (SSSR count). The van der Waals surface area contributed by atoms with E-state index in [1.807, 2.05) is 0 Å². The molecule has 0 aliphatic carbocycles. The lowest BCUT2D eigenvalue weighted by Crippen LogP contribution is -2.37. The normalized spacial score (nSPS) is 12.2. The predicted molar refractivity (Wildman–Crippen MR) is 257 cm³/mol. The van der Waals surface area contributed by atoms with Crippen molar-refractivity contribution < 1.29 is 34.1 Å². The standard InChI is InChI=1S/C52H102N2O7/c1-8-15-19-29-37-51(48(55)56,38-30-20-16-9-2)41-33-25-23-27-35-47(61-50(59)60-46-45-54(14-7)44-43-53(12-5)13-6)36-28-24-26-34-42-52(49(57)58,39-31-21-17-10-3)40-32-22-18-11-4/h47H,8-46H2,1-7H3,(H,55,56)(H,57,58). The summed E-state index contributed by atoms with van der Waals surface area (Å²) in [6, 6.07) is 0. The SMILES string of the molecule is CCCCCCC(CCCCCC)(CCCCCCC(CCCCCCC(CCCCCC)(CCCCCC)C(=O)O)OC(=O)OCCN(CC)CCN(CC)CC)C(=O)O. The Kier molecular flexibility index (Phi) is 38.5. The Hall–Kier alpha value is -1.87. The maximum absolute atomic E-state index is 13.0. The minimum absolute atomic E-state index is 0.220. The van der Waals surface area contributed by atoms with Gasteiger partial charge in [0.1, 0.15) is 12.7 Å². The smallest absolute Gasteiger partial charge is 0.481 e. The van der Waals surface area contributed by atoms with E-state index in [4.69, 9.17) is 9.47 Å². The number of hydrogen-bond acceptors (Lipinski definition) is 7. The highest BCUT2D eigenvalue weighted by Gasteiger charge is 2.37. The molecule has 2 N–H and O–H groups in total. The van der Waals surface area contributed by atoms with Gasteiger partial charge in [-0.1, -0.05) is 190 Å². The van der Waals surface area contributed by atoms with Crippen molar-refractivity contribution >= 4 is 18.1 Å². The van der Waals surface area contributed by atoms with Crippen molar-refractivity contribution in [1.29, 1.82) is 0 Å². The van der Waals surface area contributed by atoms with Crippen molar-refractivity contribution in [1.82, 2.24) is 9.80 Å². The molecule has 0 heterocycles. The third kappa shape index (κ3) is 29.2. The van der Waals surface area contributed by atoms with E-state index in [1.54, 1.807) is 0 Å². The number of ether oxygens (including phenoxy) is 2. The summed E-state index contributed by atoms with van der Waals surface area (Å²) in [5.74, 6) is -1.21. The molecule has 0 aliphatic rings. The highest BCUT2D eigenvalue weighted by molar-refractivity contribution is 5.75. The van der Waals surface area contributed by atoms with Crippen LogP contribution in [-0.4, -0.2) is 90.1 Å². The largest absolute Gasteiger partial charge is 0.508 e. The molecule has 0 atom stereocenters. The summed E-state index contributed by atoms with van der Waals surface area (Å²) in [5, 5.41) is 21.0. The lowest BCUT2D eigenvalue weighted by atomic mass is 9.74. The Morgan fingerprint density at radius 2 is 0.738 bits per heavy atom. The number of unbranched alkanes of at least 4 members (excludes halogenated alkanes) is 18. The number of hydrogen-bond donors (Lipinski definition) is 2. The first-order valence-corrected chi connectivity index (χ1v) is 26.3. The van der Waals surface area contributed by atoms with Crippen LogP contribution in [0.3, 0.4) is 0 Å². The molecule has 0 spiro atoms. The Morgan fingerprint density at radius 3 is 1.05 bits per heavy atom. The summed E-state index contributed by atoms with van der Waals surface area (Å²) in [6.07, 6.45) is 30.7. The summed E-state index contributed by atoms with van der Waals surface area (Å²) in [5.41, 5.74) is -1.21. The van der Waals surface area contributed by atoms with Crippen molar-refractivity contribution in [2.45, 2.75) is 260 Å². The molecule has 61 heavy (non-hydrogen) atoms. The van der Waals surface area contributed by atoms with E-state index in [-0.39, 0.29) is 6.10 Å². The van der Waals surface area contributed by atoms with Crippen molar-refractivity contribution in [2.75, 3.05) is 45.9 Å². The van der Waals surface area contributed by atoms with Gasteiger partial charge in [-0.05, 0) is 83.8 Å². The van der Waals surface area contributed by atoms with Gasteiger partial charge in [-0.25, -0.2) is 4.79 Å². The zero-order valence-corrected chi connectivity index (χ0v) is 41.5. The van der Waals surface area contributed by atoms with E-state index in [1.165, 1.54) is 25.7 Å². The third-order valence-corrected chi connectivity index (χ3v) is 13.8. The van der Waals surface area contributed by atoms with Crippen molar-refractivity contribution in [2.24, 2.45) is 10.8 Å². The predicted octanol–water partition coefficient (Wildman–Crippen LogP) is 14.9. The zero-order valence-electron chi connectivity index (χ0n) is 41.5. The average Bonchev–Trinajstić information content (AvgIpc) is 3.25. The lowest BCUT2D eigenvalue weighted by molar-refractivity contribution is -0.151. The lowest BCUT2D eigenvalue weighted by Gasteiger charge is -2.30. The molecule has 0 saturated heterocycles. The van der Waals surface area contributed by atoms with Crippen LogP contribution in [0.4, 0.5) is 4.79 Å². The van der Waals surface area contributed by atoms with E-state index in [0.717, 1.165) is 213 Å². The number of carboxylic acids is 2. The van der Waals surface area contributed by atoms with Gasteiger partial charge in [-0.3, -0.25) is 14.5 Å². The van der Waals surface area contributed by atoms with Gasteiger partial charge in [0.25, 0.3) is 0 Å². The topological polar surface area (TPSA) is 117 Å². The Labute approximate surface area is 377 Å². The third-order valence-electron chi connectivity index (χ3n) is 13.8. The van der Waals surface area contributed by atoms with Gasteiger partial charge in [0.15, 0.2) is 0 Å². The summed E-state index contributed by atoms with van der Waals surface area (Å²) in [7, 11) is 0. The van der Waals surface area contributed by atoms with Crippen LogP contribution in [0, 0.1) is 10.8 Å². The van der Waals surface area contributed by atoms with Crippen LogP contribution in [0.25, 0.3) is 0 Å². The van der Waals surface area contributed by atoms with Crippen LogP contribution >= 0.6 is 0 Å². The fourth-order valence-electron chi connectivity index (χ4n) is 9.27. The molecule has 0 aliphatic heterocycles. The quantitative estimate of drug-likeness (QED) is 0.0456. The van der Waals surface area contributed by atoms with Crippen LogP contribution in [0.15, 0.2) is 0 Å². The van der Waals surface area contributed by atoms with Gasteiger partial charge >= 0.3 is 18.1 Å². The first-order valence-electron chi connectivity index (χ1n) is 26.3. The van der Waals surface area contributed by atoms with Gasteiger partial charge in [0.2, 0.25) is 0 Å². The molecule has 9 nitrogen and oxygen atoms in total. The van der Waals surface area contributed by atoms with Crippen LogP contribution in [0.1, 0.15) is 254 Å². The molecule has 0 bridgehead atoms. The van der Waals surface area contributed by atoms with Crippen LogP contribution in [0.2, 0.25) is 0 Å². The second kappa shape index (κ2) is 39.7. The fourth-order valence-corrected chi connectivity index (χ4v) is 9.27. The molecule has 0 aromatic rings. The molecule has 0 fully saturated rings. The van der Waals surface area contributed by atoms with E-state index < -0.39 is 28.9 Å². The van der Waals surface area contributed by atoms with Gasteiger partial charge in [-0.2, -0.15) is 0 Å². The van der Waals surface area contributed by atoms with E-state index in [0.29, 0.717) is 13.2 Å². The first-order chi connectivity index (χ1) is 29.5. The van der Waals surface area contributed by atoms with Gasteiger partial charge in [-0.15, -0.1) is 0 Å². The van der Waals surface area contributed by atoms with Crippen LogP contribution in [-0.2, 0) is 19.1 Å².